The number of aromatic nitrogens is 1. The number of rotatable bonds is 6. The molecule has 0 fully saturated rings. The van der Waals surface area contributed by atoms with E-state index in [1.165, 1.54) is 12.2 Å². The van der Waals surface area contributed by atoms with Gasteiger partial charge in [-0.1, -0.05) is 29.3 Å². The normalized spacial score (nSPS) is 11.2. The van der Waals surface area contributed by atoms with Crippen LogP contribution in [0.5, 0.6) is 5.75 Å². The fourth-order valence-corrected chi connectivity index (χ4v) is 4.84. The van der Waals surface area contributed by atoms with E-state index in [1.807, 2.05) is 18.2 Å². The Bertz CT molecular complexity index is 1750. The summed E-state index contributed by atoms with van der Waals surface area (Å²) >= 11 is 21.1. The number of thiocarbonyl (C=S) groups is 1. The van der Waals surface area contributed by atoms with Gasteiger partial charge in [0, 0.05) is 22.9 Å². The third-order valence-corrected chi connectivity index (χ3v) is 7.17. The smallest absolute Gasteiger partial charge is 0.250 e. The van der Waals surface area contributed by atoms with Crippen molar-refractivity contribution < 1.29 is 18.4 Å². The molecule has 2 heterocycles. The molecule has 0 atom stereocenters. The lowest BCUT2D eigenvalue weighted by atomic mass is 10.2. The Labute approximate surface area is 246 Å². The summed E-state index contributed by atoms with van der Waals surface area (Å²) < 4.78 is 17.7. The van der Waals surface area contributed by atoms with Gasteiger partial charge in [-0.25, -0.2) is 4.98 Å². The van der Waals surface area contributed by atoms with E-state index in [9.17, 15) is 4.79 Å². The largest absolute Gasteiger partial charge is 0.496 e. The summed E-state index contributed by atoms with van der Waals surface area (Å²) in [5, 5.41) is 6.53. The van der Waals surface area contributed by atoms with Gasteiger partial charge in [-0.15, -0.1) is 0 Å². The number of hydrogen-bond donors (Lipinski definition) is 2. The average molecular weight is 643 g/mol. The molecule has 0 unspecified atom stereocenters. The molecule has 0 spiro atoms. The maximum Gasteiger partial charge on any atom is 0.250 e. The zero-order chi connectivity index (χ0) is 27.5. The average Bonchev–Trinajstić information content (AvgIpc) is 3.56. The number of ether oxygens (including phenoxy) is 1. The maximum absolute atomic E-state index is 12.4. The molecule has 3 aromatic carbocycles. The molecule has 5 rings (SSSR count). The molecule has 39 heavy (non-hydrogen) atoms. The van der Waals surface area contributed by atoms with Crippen LogP contribution >= 0.6 is 51.3 Å². The molecule has 5 aromatic rings. The number of carbonyl (C=O) groups is 1. The number of methoxy groups -OCH3 is 1. The standard InChI is InChI=1S/C28H18BrCl2N3O4S/c1-36-23-9-5-15(13-19(23)29)27-33-21-14-16(6-10-24(21)38-27)32-28(39)34-25(35)12-8-17-7-11-22(37-17)18-3-2-4-20(30)26(18)31/h2-14H,1H3,(H2,32,34,35,39)/b12-8+. The van der Waals surface area contributed by atoms with Crippen LogP contribution < -0.4 is 15.4 Å². The summed E-state index contributed by atoms with van der Waals surface area (Å²) in [6.45, 7) is 0. The number of furan rings is 1. The fourth-order valence-electron chi connectivity index (χ4n) is 3.68. The van der Waals surface area contributed by atoms with Crippen LogP contribution in [0, 0.1) is 0 Å². The van der Waals surface area contributed by atoms with Crippen molar-refractivity contribution in [2.24, 2.45) is 0 Å². The highest BCUT2D eigenvalue weighted by Gasteiger charge is 2.13. The quantitative estimate of drug-likeness (QED) is 0.142. The highest BCUT2D eigenvalue weighted by Crippen LogP contribution is 2.35. The van der Waals surface area contributed by atoms with E-state index in [2.05, 4.69) is 31.5 Å². The highest BCUT2D eigenvalue weighted by atomic mass is 79.9. The summed E-state index contributed by atoms with van der Waals surface area (Å²) in [5.41, 5.74) is 3.33. The fraction of sp³-hybridized carbons (Fsp3) is 0.0357. The van der Waals surface area contributed by atoms with Gasteiger partial charge in [-0.2, -0.15) is 0 Å². The first-order valence-electron chi connectivity index (χ1n) is 11.4. The van der Waals surface area contributed by atoms with E-state index in [4.69, 9.17) is 49.0 Å². The van der Waals surface area contributed by atoms with E-state index in [0.29, 0.717) is 55.6 Å². The summed E-state index contributed by atoms with van der Waals surface area (Å²) in [6, 6.07) is 19.6. The van der Waals surface area contributed by atoms with Crippen LogP contribution in [0.4, 0.5) is 5.69 Å². The van der Waals surface area contributed by atoms with Gasteiger partial charge in [0.1, 0.15) is 22.8 Å². The molecule has 2 N–H and O–H groups in total. The topological polar surface area (TPSA) is 89.5 Å². The maximum atomic E-state index is 12.4. The van der Waals surface area contributed by atoms with E-state index in [-0.39, 0.29) is 5.11 Å². The summed E-state index contributed by atoms with van der Waals surface area (Å²) in [7, 11) is 1.60. The number of anilines is 1. The molecule has 2 aromatic heterocycles. The second kappa shape index (κ2) is 11.6. The van der Waals surface area contributed by atoms with E-state index < -0.39 is 5.91 Å². The number of oxazole rings is 1. The zero-order valence-electron chi connectivity index (χ0n) is 20.1. The predicted molar refractivity (Wildman–Crippen MR) is 161 cm³/mol. The van der Waals surface area contributed by atoms with Gasteiger partial charge in [0.15, 0.2) is 10.7 Å². The third-order valence-electron chi connectivity index (χ3n) is 5.52. The number of amides is 1. The van der Waals surface area contributed by atoms with Crippen molar-refractivity contribution in [1.82, 2.24) is 10.3 Å². The molecular formula is C28H18BrCl2N3O4S. The Morgan fingerprint density at radius 2 is 1.92 bits per heavy atom. The molecule has 0 aliphatic rings. The third kappa shape index (κ3) is 6.17. The van der Waals surface area contributed by atoms with Crippen molar-refractivity contribution >= 4 is 85.2 Å². The van der Waals surface area contributed by atoms with Crippen molar-refractivity contribution in [3.8, 4) is 28.5 Å². The molecule has 1 amide bonds. The van der Waals surface area contributed by atoms with Gasteiger partial charge in [-0.05, 0) is 94.9 Å². The minimum absolute atomic E-state index is 0.123. The lowest BCUT2D eigenvalue weighted by molar-refractivity contribution is -0.115. The van der Waals surface area contributed by atoms with Gasteiger partial charge in [-0.3, -0.25) is 10.1 Å². The Kier molecular flexibility index (Phi) is 8.04. The number of nitrogens with zero attached hydrogens (tertiary/aromatic N) is 1. The van der Waals surface area contributed by atoms with Crippen LogP contribution in [0.25, 0.3) is 40.0 Å². The SMILES string of the molecule is COc1ccc(-c2nc3cc(NC(=S)NC(=O)/C=C/c4ccc(-c5cccc(Cl)c5Cl)o4)ccc3o2)cc1Br. The number of hydrogen-bond acceptors (Lipinski definition) is 6. The lowest BCUT2D eigenvalue weighted by Gasteiger charge is -2.07. The van der Waals surface area contributed by atoms with Gasteiger partial charge >= 0.3 is 0 Å². The monoisotopic (exact) mass is 641 g/mol. The lowest BCUT2D eigenvalue weighted by Crippen LogP contribution is -2.32. The number of nitrogens with one attached hydrogen (secondary N) is 2. The first-order valence-corrected chi connectivity index (χ1v) is 13.3. The molecule has 0 aliphatic carbocycles. The van der Waals surface area contributed by atoms with Crippen LogP contribution in [-0.2, 0) is 4.79 Å². The molecular weight excluding hydrogens is 625 g/mol. The first kappa shape index (κ1) is 27.0. The summed E-state index contributed by atoms with van der Waals surface area (Å²) in [5.74, 6) is 1.74. The zero-order valence-corrected chi connectivity index (χ0v) is 24.0. The Hall–Kier alpha value is -3.63. The molecule has 0 saturated heterocycles. The van der Waals surface area contributed by atoms with Crippen molar-refractivity contribution in [2.45, 2.75) is 0 Å². The number of halogens is 3. The second-order valence-electron chi connectivity index (χ2n) is 8.13. The van der Waals surface area contributed by atoms with Crippen molar-refractivity contribution in [1.29, 1.82) is 0 Å². The Morgan fingerprint density at radius 1 is 1.08 bits per heavy atom. The predicted octanol–water partition coefficient (Wildman–Crippen LogP) is 8.36. The minimum atomic E-state index is -0.430. The van der Waals surface area contributed by atoms with E-state index >= 15 is 0 Å². The van der Waals surface area contributed by atoms with Crippen LogP contribution in [0.2, 0.25) is 10.0 Å². The van der Waals surface area contributed by atoms with E-state index in [0.717, 1.165) is 10.0 Å². The summed E-state index contributed by atoms with van der Waals surface area (Å²) in [6.07, 6.45) is 2.84. The highest BCUT2D eigenvalue weighted by molar-refractivity contribution is 9.10. The molecule has 196 valence electrons. The van der Waals surface area contributed by atoms with Gasteiger partial charge < -0.3 is 18.9 Å². The van der Waals surface area contributed by atoms with Crippen LogP contribution in [0.3, 0.4) is 0 Å². The minimum Gasteiger partial charge on any atom is -0.496 e. The molecule has 0 aliphatic heterocycles. The molecule has 11 heteroatoms. The van der Waals surface area contributed by atoms with Gasteiger partial charge in [0.25, 0.3) is 0 Å². The van der Waals surface area contributed by atoms with Crippen molar-refractivity contribution in [2.75, 3.05) is 12.4 Å². The first-order chi connectivity index (χ1) is 18.8. The number of carbonyl (C=O) groups excluding carboxylic acids is 1. The van der Waals surface area contributed by atoms with Crippen molar-refractivity contribution in [3.63, 3.8) is 0 Å². The number of benzene rings is 3. The van der Waals surface area contributed by atoms with E-state index in [1.54, 1.807) is 55.6 Å². The summed E-state index contributed by atoms with van der Waals surface area (Å²) in [4.78, 5) is 17.0. The van der Waals surface area contributed by atoms with Gasteiger partial charge in [0.2, 0.25) is 11.8 Å². The molecule has 7 nitrogen and oxygen atoms in total. The molecule has 0 bridgehead atoms. The second-order valence-corrected chi connectivity index (χ2v) is 10.2. The van der Waals surface area contributed by atoms with Crippen LogP contribution in [0.15, 0.2) is 86.1 Å². The Balaban J connectivity index is 1.21. The number of fused-ring (bicyclic) bond motifs is 1. The van der Waals surface area contributed by atoms with Crippen LogP contribution in [-0.4, -0.2) is 23.1 Å². The Morgan fingerprint density at radius 3 is 2.72 bits per heavy atom. The molecule has 0 radical (unpaired) electrons. The van der Waals surface area contributed by atoms with Crippen molar-refractivity contribution in [3.05, 3.63) is 93.1 Å². The molecule has 0 saturated carbocycles. The van der Waals surface area contributed by atoms with Crippen LogP contribution in [0.1, 0.15) is 5.76 Å². The van der Waals surface area contributed by atoms with Gasteiger partial charge in [0.05, 0.1) is 21.6 Å².